The molecule has 0 spiro atoms. The minimum absolute atomic E-state index is 0.0817. The summed E-state index contributed by atoms with van der Waals surface area (Å²) in [6.07, 6.45) is 3.99. The van der Waals surface area contributed by atoms with Crippen molar-refractivity contribution in [2.24, 2.45) is 0 Å². The number of benzene rings is 1. The van der Waals surface area contributed by atoms with Crippen molar-refractivity contribution in [1.29, 1.82) is 0 Å². The maximum atomic E-state index is 12.3. The van der Waals surface area contributed by atoms with Crippen LogP contribution in [-0.2, 0) is 4.74 Å². The van der Waals surface area contributed by atoms with E-state index in [1.54, 1.807) is 18.2 Å². The highest BCUT2D eigenvalue weighted by Crippen LogP contribution is 2.21. The van der Waals surface area contributed by atoms with Gasteiger partial charge in [-0.05, 0) is 51.8 Å². The van der Waals surface area contributed by atoms with Gasteiger partial charge in [0.05, 0.1) is 11.4 Å². The monoisotopic (exact) mass is 362 g/mol. The second-order valence-electron chi connectivity index (χ2n) is 7.61. The molecule has 1 aliphatic rings. The van der Waals surface area contributed by atoms with E-state index < -0.39 is 11.7 Å². The van der Waals surface area contributed by atoms with Crippen molar-refractivity contribution in [3.05, 3.63) is 23.8 Å². The number of hydrogen-bond acceptors (Lipinski definition) is 5. The Morgan fingerprint density at radius 2 is 1.88 bits per heavy atom. The fourth-order valence-corrected chi connectivity index (χ4v) is 2.88. The molecule has 0 saturated heterocycles. The van der Waals surface area contributed by atoms with Crippen LogP contribution in [0.15, 0.2) is 18.2 Å². The number of nitrogens with one attached hydrogen (secondary N) is 3. The third-order valence-corrected chi connectivity index (χ3v) is 4.11. The molecule has 5 N–H and O–H groups in total. The van der Waals surface area contributed by atoms with Gasteiger partial charge in [-0.15, -0.1) is 0 Å². The summed E-state index contributed by atoms with van der Waals surface area (Å²) in [5, 5.41) is 8.86. The predicted molar refractivity (Wildman–Crippen MR) is 103 cm³/mol. The molecule has 144 valence electrons. The number of nitrogens with two attached hydrogens (primary N) is 1. The van der Waals surface area contributed by atoms with E-state index in [-0.39, 0.29) is 11.9 Å². The number of anilines is 2. The number of carbonyl (C=O) groups is 2. The Labute approximate surface area is 155 Å². The second-order valence-corrected chi connectivity index (χ2v) is 7.61. The minimum Gasteiger partial charge on any atom is -0.444 e. The molecule has 0 unspecified atom stereocenters. The second kappa shape index (κ2) is 8.78. The molecule has 0 atom stereocenters. The zero-order valence-corrected chi connectivity index (χ0v) is 15.9. The Bertz CT molecular complexity index is 634. The molecule has 7 heteroatoms. The summed E-state index contributed by atoms with van der Waals surface area (Å²) >= 11 is 0. The van der Waals surface area contributed by atoms with Crippen molar-refractivity contribution in [2.75, 3.05) is 24.1 Å². The summed E-state index contributed by atoms with van der Waals surface area (Å²) in [6, 6.07) is 5.49. The van der Waals surface area contributed by atoms with E-state index in [9.17, 15) is 9.59 Å². The summed E-state index contributed by atoms with van der Waals surface area (Å²) in [7, 11) is 0. The Balaban J connectivity index is 1.78. The maximum Gasteiger partial charge on any atom is 0.407 e. The van der Waals surface area contributed by atoms with E-state index in [2.05, 4.69) is 16.0 Å². The molecule has 26 heavy (non-hydrogen) atoms. The molecule has 1 aliphatic carbocycles. The van der Waals surface area contributed by atoms with Crippen LogP contribution >= 0.6 is 0 Å². The number of amides is 2. The van der Waals surface area contributed by atoms with Gasteiger partial charge in [0.15, 0.2) is 0 Å². The molecule has 7 nitrogen and oxygen atoms in total. The topological polar surface area (TPSA) is 105 Å². The van der Waals surface area contributed by atoms with Gasteiger partial charge in [-0.1, -0.05) is 12.8 Å². The number of alkyl carbamates (subject to hydrolysis) is 1. The smallest absolute Gasteiger partial charge is 0.407 e. The zero-order valence-electron chi connectivity index (χ0n) is 15.9. The van der Waals surface area contributed by atoms with Gasteiger partial charge in [-0.2, -0.15) is 0 Å². The highest BCUT2D eigenvalue weighted by molar-refractivity contribution is 5.96. The molecule has 1 aromatic carbocycles. The summed E-state index contributed by atoms with van der Waals surface area (Å²) < 4.78 is 5.16. The third kappa shape index (κ3) is 6.46. The van der Waals surface area contributed by atoms with Crippen molar-refractivity contribution < 1.29 is 14.3 Å². The molecular formula is C19H30N4O3. The van der Waals surface area contributed by atoms with E-state index in [4.69, 9.17) is 10.5 Å². The van der Waals surface area contributed by atoms with Gasteiger partial charge in [-0.3, -0.25) is 4.79 Å². The zero-order chi connectivity index (χ0) is 19.2. The summed E-state index contributed by atoms with van der Waals surface area (Å²) in [6.45, 7) is 6.34. The van der Waals surface area contributed by atoms with Gasteiger partial charge in [0.25, 0.3) is 5.91 Å². The standard InChI is InChI=1S/C19H30N4O3/c1-19(2,3)26-18(25)22-11-10-21-16-9-8-13(12-15(16)20)17(24)23-14-6-4-5-7-14/h8-9,12,14,21H,4-7,10-11,20H2,1-3H3,(H,22,25)(H,23,24). The lowest BCUT2D eigenvalue weighted by Gasteiger charge is -2.19. The third-order valence-electron chi connectivity index (χ3n) is 4.11. The van der Waals surface area contributed by atoms with Crippen molar-refractivity contribution in [3.63, 3.8) is 0 Å². The SMILES string of the molecule is CC(C)(C)OC(=O)NCCNc1ccc(C(=O)NC2CCCC2)cc1N. The Morgan fingerprint density at radius 1 is 1.19 bits per heavy atom. The Hall–Kier alpha value is -2.44. The van der Waals surface area contributed by atoms with Gasteiger partial charge >= 0.3 is 6.09 Å². The van der Waals surface area contributed by atoms with Gasteiger partial charge in [0.2, 0.25) is 0 Å². The van der Waals surface area contributed by atoms with Crippen molar-refractivity contribution in [3.8, 4) is 0 Å². The summed E-state index contributed by atoms with van der Waals surface area (Å²) in [4.78, 5) is 23.8. The van der Waals surface area contributed by atoms with Gasteiger partial charge in [-0.25, -0.2) is 4.79 Å². The molecule has 1 fully saturated rings. The van der Waals surface area contributed by atoms with E-state index in [1.165, 1.54) is 12.8 Å². The van der Waals surface area contributed by atoms with Crippen LogP contribution in [0.1, 0.15) is 56.8 Å². The lowest BCUT2D eigenvalue weighted by atomic mass is 10.1. The van der Waals surface area contributed by atoms with Crippen LogP contribution in [0.2, 0.25) is 0 Å². The van der Waals surface area contributed by atoms with Crippen LogP contribution in [0.4, 0.5) is 16.2 Å². The lowest BCUT2D eigenvalue weighted by Crippen LogP contribution is -2.35. The first-order chi connectivity index (χ1) is 12.2. The minimum atomic E-state index is -0.517. The number of carbonyl (C=O) groups excluding carboxylic acids is 2. The van der Waals surface area contributed by atoms with Crippen LogP contribution in [0, 0.1) is 0 Å². The molecule has 0 aromatic heterocycles. The lowest BCUT2D eigenvalue weighted by molar-refractivity contribution is 0.0530. The first-order valence-corrected chi connectivity index (χ1v) is 9.16. The normalized spacial score (nSPS) is 14.7. The van der Waals surface area contributed by atoms with Gasteiger partial charge in [0.1, 0.15) is 5.60 Å². The largest absolute Gasteiger partial charge is 0.444 e. The highest BCUT2D eigenvalue weighted by atomic mass is 16.6. The van der Waals surface area contributed by atoms with Gasteiger partial charge in [0, 0.05) is 24.7 Å². The molecule has 1 aromatic rings. The Kier molecular flexibility index (Phi) is 6.71. The van der Waals surface area contributed by atoms with Crippen molar-refractivity contribution in [1.82, 2.24) is 10.6 Å². The number of nitrogen functional groups attached to an aromatic ring is 1. The van der Waals surface area contributed by atoms with E-state index in [1.807, 2.05) is 20.8 Å². The van der Waals surface area contributed by atoms with Crippen LogP contribution in [0.25, 0.3) is 0 Å². The fraction of sp³-hybridized carbons (Fsp3) is 0.579. The average molecular weight is 362 g/mol. The Morgan fingerprint density at radius 3 is 2.50 bits per heavy atom. The fourth-order valence-electron chi connectivity index (χ4n) is 2.88. The number of rotatable bonds is 6. The number of hydrogen-bond donors (Lipinski definition) is 4. The van der Waals surface area contributed by atoms with Crippen molar-refractivity contribution >= 4 is 23.4 Å². The molecule has 0 radical (unpaired) electrons. The first-order valence-electron chi connectivity index (χ1n) is 9.16. The summed E-state index contributed by atoms with van der Waals surface area (Å²) in [5.41, 5.74) is 7.31. The molecule has 0 heterocycles. The first kappa shape index (κ1) is 19.9. The molecule has 2 rings (SSSR count). The quantitative estimate of drug-likeness (QED) is 0.460. The molecule has 2 amide bonds. The van der Waals surface area contributed by atoms with Crippen LogP contribution in [0.3, 0.4) is 0 Å². The van der Waals surface area contributed by atoms with Crippen LogP contribution in [-0.4, -0.2) is 36.7 Å². The maximum absolute atomic E-state index is 12.3. The van der Waals surface area contributed by atoms with Crippen LogP contribution in [0.5, 0.6) is 0 Å². The molecule has 0 aliphatic heterocycles. The highest BCUT2D eigenvalue weighted by Gasteiger charge is 2.18. The van der Waals surface area contributed by atoms with Crippen LogP contribution < -0.4 is 21.7 Å². The molecular weight excluding hydrogens is 332 g/mol. The van der Waals surface area contributed by atoms with E-state index in [0.29, 0.717) is 24.3 Å². The van der Waals surface area contributed by atoms with E-state index in [0.717, 1.165) is 18.5 Å². The van der Waals surface area contributed by atoms with E-state index >= 15 is 0 Å². The molecule has 1 saturated carbocycles. The van der Waals surface area contributed by atoms with Gasteiger partial charge < -0.3 is 26.4 Å². The summed E-state index contributed by atoms with van der Waals surface area (Å²) in [5.74, 6) is -0.0817. The predicted octanol–water partition coefficient (Wildman–Crippen LogP) is 2.88. The number of ether oxygens (including phenoxy) is 1. The molecule has 0 bridgehead atoms. The van der Waals surface area contributed by atoms with Crippen molar-refractivity contribution in [2.45, 2.75) is 58.1 Å². The average Bonchev–Trinajstić information content (AvgIpc) is 3.04.